The maximum absolute atomic E-state index is 12.4. The fourth-order valence-corrected chi connectivity index (χ4v) is 5.07. The normalized spacial score (nSPS) is 21.8. The smallest absolute Gasteiger partial charge is 0.407 e. The molecule has 33 heavy (non-hydrogen) atoms. The summed E-state index contributed by atoms with van der Waals surface area (Å²) in [4.78, 5) is 36.2. The molecule has 2 saturated carbocycles. The van der Waals surface area contributed by atoms with Gasteiger partial charge in [-0.3, -0.25) is 4.79 Å². The third kappa shape index (κ3) is 4.32. The van der Waals surface area contributed by atoms with Crippen LogP contribution in [-0.4, -0.2) is 42.3 Å². The number of rotatable bonds is 8. The molecule has 7 nitrogen and oxygen atoms in total. The highest BCUT2D eigenvalue weighted by atomic mass is 16.5. The Labute approximate surface area is 192 Å². The van der Waals surface area contributed by atoms with Crippen LogP contribution in [0, 0.1) is 17.8 Å². The third-order valence-corrected chi connectivity index (χ3v) is 7.30. The van der Waals surface area contributed by atoms with Crippen molar-refractivity contribution in [2.24, 2.45) is 17.8 Å². The molecule has 2 amide bonds. The highest BCUT2D eigenvalue weighted by molar-refractivity contribution is 5.87. The Hall–Kier alpha value is -3.35. The minimum Gasteiger partial charge on any atom is -0.480 e. The number of ether oxygens (including phenoxy) is 1. The van der Waals surface area contributed by atoms with Crippen molar-refractivity contribution in [1.82, 2.24) is 10.6 Å². The lowest BCUT2D eigenvalue weighted by molar-refractivity contribution is -0.144. The zero-order chi connectivity index (χ0) is 22.9. The van der Waals surface area contributed by atoms with Gasteiger partial charge in [0.1, 0.15) is 12.6 Å². The van der Waals surface area contributed by atoms with Crippen molar-refractivity contribution in [3.63, 3.8) is 0 Å². The van der Waals surface area contributed by atoms with E-state index >= 15 is 0 Å². The first-order valence-corrected chi connectivity index (χ1v) is 11.6. The summed E-state index contributed by atoms with van der Waals surface area (Å²) in [6.07, 6.45) is 2.84. The number of amides is 2. The zero-order valence-corrected chi connectivity index (χ0v) is 18.3. The molecule has 7 heteroatoms. The molecule has 172 valence electrons. The van der Waals surface area contributed by atoms with Crippen LogP contribution in [0.25, 0.3) is 11.1 Å². The van der Waals surface area contributed by atoms with Gasteiger partial charge in [-0.1, -0.05) is 55.0 Å². The second-order valence-electron chi connectivity index (χ2n) is 9.32. The maximum atomic E-state index is 12.4. The molecule has 0 heterocycles. The van der Waals surface area contributed by atoms with Gasteiger partial charge in [0, 0.05) is 18.4 Å². The van der Waals surface area contributed by atoms with Gasteiger partial charge in [-0.15, -0.1) is 0 Å². The van der Waals surface area contributed by atoms with E-state index in [-0.39, 0.29) is 36.2 Å². The summed E-state index contributed by atoms with van der Waals surface area (Å²) in [5.74, 6) is -1.40. The molecule has 0 aliphatic heterocycles. The Morgan fingerprint density at radius 3 is 2.21 bits per heavy atom. The van der Waals surface area contributed by atoms with Crippen LogP contribution < -0.4 is 10.6 Å². The number of hydrogen-bond acceptors (Lipinski definition) is 4. The van der Waals surface area contributed by atoms with E-state index in [0.29, 0.717) is 13.0 Å². The molecular formula is C26H28N2O5. The van der Waals surface area contributed by atoms with Crippen LogP contribution in [0.3, 0.4) is 0 Å². The van der Waals surface area contributed by atoms with Crippen LogP contribution in [-0.2, 0) is 14.3 Å². The van der Waals surface area contributed by atoms with Gasteiger partial charge in [0.2, 0.25) is 5.91 Å². The molecule has 2 fully saturated rings. The number of fused-ring (bicyclic) bond motifs is 3. The molecular weight excluding hydrogens is 420 g/mol. The number of aliphatic carboxylic acids is 1. The van der Waals surface area contributed by atoms with E-state index in [1.165, 1.54) is 11.1 Å². The van der Waals surface area contributed by atoms with E-state index in [0.717, 1.165) is 30.4 Å². The van der Waals surface area contributed by atoms with Crippen LogP contribution in [0.1, 0.15) is 42.7 Å². The SMILES string of the molecule is O=C(NC[C@H]1C[C@H]1C(=O)NC(C(=O)O)C1CCC1)OCC1c2ccccc2-c2ccccc21. The lowest BCUT2D eigenvalue weighted by Crippen LogP contribution is -2.48. The Morgan fingerprint density at radius 1 is 1.00 bits per heavy atom. The monoisotopic (exact) mass is 448 g/mol. The predicted molar refractivity (Wildman–Crippen MR) is 122 cm³/mol. The van der Waals surface area contributed by atoms with Crippen LogP contribution in [0.2, 0.25) is 0 Å². The average Bonchev–Trinajstić information content (AvgIpc) is 3.50. The number of benzene rings is 2. The number of carboxylic acid groups (broad SMARTS) is 1. The summed E-state index contributed by atoms with van der Waals surface area (Å²) in [6, 6.07) is 15.5. The molecule has 1 unspecified atom stereocenters. The molecule has 0 aromatic heterocycles. The average molecular weight is 449 g/mol. The summed E-state index contributed by atoms with van der Waals surface area (Å²) in [5.41, 5.74) is 4.67. The highest BCUT2D eigenvalue weighted by Gasteiger charge is 2.45. The Morgan fingerprint density at radius 2 is 1.64 bits per heavy atom. The Balaban J connectivity index is 1.09. The quantitative estimate of drug-likeness (QED) is 0.573. The summed E-state index contributed by atoms with van der Waals surface area (Å²) in [7, 11) is 0. The molecule has 0 radical (unpaired) electrons. The molecule has 3 aliphatic rings. The van der Waals surface area contributed by atoms with Crippen LogP contribution in [0.5, 0.6) is 0 Å². The van der Waals surface area contributed by atoms with Crippen molar-refractivity contribution in [1.29, 1.82) is 0 Å². The van der Waals surface area contributed by atoms with Gasteiger partial charge in [0.25, 0.3) is 0 Å². The first-order chi connectivity index (χ1) is 16.0. The second kappa shape index (κ2) is 8.89. The van der Waals surface area contributed by atoms with E-state index < -0.39 is 18.1 Å². The molecule has 2 aromatic carbocycles. The van der Waals surface area contributed by atoms with Crippen molar-refractivity contribution in [2.45, 2.75) is 37.6 Å². The van der Waals surface area contributed by atoms with Gasteiger partial charge in [-0.25, -0.2) is 9.59 Å². The van der Waals surface area contributed by atoms with E-state index in [2.05, 4.69) is 34.9 Å². The van der Waals surface area contributed by atoms with Gasteiger partial charge in [0.15, 0.2) is 0 Å². The zero-order valence-electron chi connectivity index (χ0n) is 18.3. The standard InChI is InChI=1S/C26H28N2O5/c29-24(28-23(25(30)31)15-6-5-7-15)21-12-16(21)13-27-26(32)33-14-22-19-10-3-1-8-17(19)18-9-2-4-11-20(18)22/h1-4,8-11,15-16,21-23H,5-7,12-14H2,(H,27,32)(H,28,29)(H,30,31)/t16-,21-,23?/m1/s1. The predicted octanol–water partition coefficient (Wildman–Crippen LogP) is 3.53. The van der Waals surface area contributed by atoms with Crippen molar-refractivity contribution >= 4 is 18.0 Å². The van der Waals surface area contributed by atoms with Crippen molar-refractivity contribution in [2.75, 3.05) is 13.2 Å². The number of hydrogen-bond donors (Lipinski definition) is 3. The first kappa shape index (κ1) is 21.5. The molecule has 2 aromatic rings. The lowest BCUT2D eigenvalue weighted by Gasteiger charge is -2.31. The molecule has 3 N–H and O–H groups in total. The fourth-order valence-electron chi connectivity index (χ4n) is 5.07. The third-order valence-electron chi connectivity index (χ3n) is 7.30. The van der Waals surface area contributed by atoms with Gasteiger partial charge >= 0.3 is 12.1 Å². The minimum atomic E-state index is -0.970. The number of carboxylic acids is 1. The summed E-state index contributed by atoms with van der Waals surface area (Å²) >= 11 is 0. The summed E-state index contributed by atoms with van der Waals surface area (Å²) < 4.78 is 5.53. The minimum absolute atomic E-state index is 0.00191. The first-order valence-electron chi connectivity index (χ1n) is 11.6. The molecule has 3 aliphatic carbocycles. The molecule has 0 spiro atoms. The largest absolute Gasteiger partial charge is 0.480 e. The van der Waals surface area contributed by atoms with Crippen molar-refractivity contribution in [3.05, 3.63) is 59.7 Å². The van der Waals surface area contributed by atoms with E-state index in [9.17, 15) is 19.5 Å². The summed E-state index contributed by atoms with van der Waals surface area (Å²) in [6.45, 7) is 0.589. The maximum Gasteiger partial charge on any atom is 0.407 e. The molecule has 0 saturated heterocycles. The highest BCUT2D eigenvalue weighted by Crippen LogP contribution is 2.44. The molecule has 3 atom stereocenters. The van der Waals surface area contributed by atoms with Gasteiger partial charge < -0.3 is 20.5 Å². The molecule has 0 bridgehead atoms. The molecule has 5 rings (SSSR count). The van der Waals surface area contributed by atoms with Crippen LogP contribution in [0.15, 0.2) is 48.5 Å². The lowest BCUT2D eigenvalue weighted by atomic mass is 9.79. The Kier molecular flexibility index (Phi) is 5.79. The summed E-state index contributed by atoms with van der Waals surface area (Å²) in [5, 5.41) is 14.8. The van der Waals surface area contributed by atoms with Gasteiger partial charge in [-0.05, 0) is 53.4 Å². The van der Waals surface area contributed by atoms with Gasteiger partial charge in [-0.2, -0.15) is 0 Å². The fraction of sp³-hybridized carbons (Fsp3) is 0.423. The number of alkyl carbamates (subject to hydrolysis) is 1. The van der Waals surface area contributed by atoms with Crippen molar-refractivity contribution < 1.29 is 24.2 Å². The van der Waals surface area contributed by atoms with Crippen molar-refractivity contribution in [3.8, 4) is 11.1 Å². The van der Waals surface area contributed by atoms with Gasteiger partial charge in [0.05, 0.1) is 0 Å². The number of carbonyl (C=O) groups is 3. The van der Waals surface area contributed by atoms with E-state index in [1.54, 1.807) is 0 Å². The Bertz CT molecular complexity index is 1030. The topological polar surface area (TPSA) is 105 Å². The van der Waals surface area contributed by atoms with E-state index in [4.69, 9.17) is 4.74 Å². The van der Waals surface area contributed by atoms with Crippen LogP contribution >= 0.6 is 0 Å². The second-order valence-corrected chi connectivity index (χ2v) is 9.32. The number of carbonyl (C=O) groups excluding carboxylic acids is 2. The van der Waals surface area contributed by atoms with E-state index in [1.807, 2.05) is 24.3 Å². The number of nitrogens with one attached hydrogen (secondary N) is 2. The van der Waals surface area contributed by atoms with Crippen LogP contribution in [0.4, 0.5) is 4.79 Å².